The molecule has 17 N–H and O–H groups in total. The summed E-state index contributed by atoms with van der Waals surface area (Å²) in [7, 11) is -30.5. The Hall–Kier alpha value is -3.15. The number of H-pyrrole nitrogens is 2. The summed E-state index contributed by atoms with van der Waals surface area (Å²) in [5.74, 6) is 0.743. The summed E-state index contributed by atoms with van der Waals surface area (Å²) in [5, 5.41) is 19.3. The van der Waals surface area contributed by atoms with Crippen LogP contribution in [0.15, 0.2) is 73.3 Å². The number of fused-ring (bicyclic) bond motifs is 3. The minimum atomic E-state index is -5.41. The molecule has 378 valence electrons. The summed E-state index contributed by atoms with van der Waals surface area (Å²) in [6.07, 6.45) is 2.56. The van der Waals surface area contributed by atoms with Crippen LogP contribution < -0.4 is 0 Å². The number of rotatable bonds is 19. The number of aromatic nitrogens is 6. The first-order valence-corrected chi connectivity index (χ1v) is 29.5. The summed E-state index contributed by atoms with van der Waals surface area (Å²) in [6.45, 7) is 0. The van der Waals surface area contributed by atoms with Gasteiger partial charge in [-0.2, -0.15) is 0 Å². The number of aromatic amines is 2. The van der Waals surface area contributed by atoms with Crippen molar-refractivity contribution < 1.29 is 101 Å². The van der Waals surface area contributed by atoms with E-state index in [1.54, 1.807) is 24.5 Å². The van der Waals surface area contributed by atoms with Crippen molar-refractivity contribution >= 4 is 78.7 Å². The van der Waals surface area contributed by atoms with Gasteiger partial charge in [-0.25, -0.2) is 15.0 Å². The van der Waals surface area contributed by atoms with Gasteiger partial charge in [-0.15, -0.1) is 0 Å². The molecule has 3 aromatic carbocycles. The Morgan fingerprint density at radius 2 is 0.868 bits per heavy atom. The van der Waals surface area contributed by atoms with Crippen molar-refractivity contribution in [1.82, 2.24) is 29.5 Å². The van der Waals surface area contributed by atoms with E-state index < -0.39 is 80.1 Å². The molecule has 6 rings (SSSR count). The highest BCUT2D eigenvalue weighted by Crippen LogP contribution is 2.71. The van der Waals surface area contributed by atoms with E-state index in [-0.39, 0.29) is 19.3 Å². The molecule has 0 aliphatic rings. The van der Waals surface area contributed by atoms with Crippen molar-refractivity contribution in [2.24, 2.45) is 7.05 Å². The van der Waals surface area contributed by atoms with Gasteiger partial charge in [0.15, 0.2) is 0 Å². The average molecular weight is 1080 g/mol. The molecule has 0 unspecified atom stereocenters. The van der Waals surface area contributed by atoms with Gasteiger partial charge in [-0.1, -0.05) is 24.3 Å². The molecular formula is C35H52N6O21P6. The van der Waals surface area contributed by atoms with Gasteiger partial charge in [0.1, 0.15) is 5.82 Å². The van der Waals surface area contributed by atoms with Crippen LogP contribution in [0.25, 0.3) is 33.1 Å². The molecule has 0 bridgehead atoms. The van der Waals surface area contributed by atoms with Gasteiger partial charge in [0.05, 0.1) is 45.8 Å². The second kappa shape index (κ2) is 21.7. The maximum atomic E-state index is 11.3. The molecular weight excluding hydrogens is 1030 g/mol. The maximum absolute atomic E-state index is 11.3. The highest BCUT2D eigenvalue weighted by atomic mass is 31.3. The van der Waals surface area contributed by atoms with Crippen molar-refractivity contribution in [2.75, 3.05) is 0 Å². The van der Waals surface area contributed by atoms with E-state index in [9.17, 15) is 42.7 Å². The Bertz CT molecular complexity index is 2910. The van der Waals surface area contributed by atoms with E-state index >= 15 is 0 Å². The number of unbranched alkanes of at least 4 members (excludes halogenated alkanes) is 2. The number of nitrogens with zero attached hydrogens (tertiary/aromatic N) is 4. The van der Waals surface area contributed by atoms with Crippen molar-refractivity contribution in [3.05, 3.63) is 90.3 Å². The Balaban J connectivity index is 0.000000223. The van der Waals surface area contributed by atoms with Gasteiger partial charge in [0.2, 0.25) is 0 Å². The zero-order valence-corrected chi connectivity index (χ0v) is 41.0. The predicted molar refractivity (Wildman–Crippen MR) is 243 cm³/mol. The van der Waals surface area contributed by atoms with Crippen LogP contribution in [0.4, 0.5) is 0 Å². The number of aryl methyl sites for hydroxylation is 4. The van der Waals surface area contributed by atoms with Crippen molar-refractivity contribution in [2.45, 2.75) is 79.5 Å². The fourth-order valence-corrected chi connectivity index (χ4v) is 13.4. The molecule has 0 fully saturated rings. The zero-order valence-electron chi connectivity index (χ0n) is 35.6. The molecule has 27 nitrogen and oxygen atoms in total. The first-order valence-electron chi connectivity index (χ1n) is 19.8. The minimum Gasteiger partial charge on any atom is -0.368 e. The standard InChI is InChI=1S/C13H20N2O7P2.C12H18N2O7P2.C10H14N2O7P2/c1-15-11-7-3-2-6-10(11)14-12(15)8-4-5-9-13(16,23(17,18)19)24(20,21)22;15-12(22(16,17)18,23(19,20)21)6-2-1-3-9-4-5-10-11(7-9)14-8-13-10;13-10(20(14,15)16,21(17,18)19)4-3-7-1-2-8-9(5-7)12-6-11-8/h2-3,6-7,16H,4-5,8-9H2,1H3,(H2,17,18,19)(H2,20,21,22);4-5,7-8,15H,1-3,6H2,(H,13,14)(H2,16,17,18)(H2,19,20,21);1-2,5-6,13H,3-4H2,(H,11,12)(H2,14,15,16)(H2,17,18,19). The van der Waals surface area contributed by atoms with Gasteiger partial charge >= 0.3 is 45.6 Å². The number of hydrogen-bond donors (Lipinski definition) is 17. The minimum absolute atomic E-state index is 0.0237. The number of imidazole rings is 3. The molecule has 0 atom stereocenters. The highest BCUT2D eigenvalue weighted by molar-refractivity contribution is 7.73. The maximum Gasteiger partial charge on any atom is 0.369 e. The lowest BCUT2D eigenvalue weighted by Gasteiger charge is -2.29. The molecule has 6 aromatic rings. The monoisotopic (exact) mass is 1080 g/mol. The molecule has 0 saturated carbocycles. The second-order valence-corrected chi connectivity index (χ2v) is 27.6. The number of hydrogen-bond acceptors (Lipinski definition) is 12. The third-order valence-electron chi connectivity index (χ3n) is 10.8. The Kier molecular flexibility index (Phi) is 18.3. The van der Waals surface area contributed by atoms with Gasteiger partial charge < -0.3 is 88.6 Å². The number of para-hydroxylation sites is 2. The van der Waals surface area contributed by atoms with E-state index in [4.69, 9.17) is 58.7 Å². The van der Waals surface area contributed by atoms with Crippen LogP contribution in [0.1, 0.15) is 61.9 Å². The molecule has 0 amide bonds. The van der Waals surface area contributed by atoms with Gasteiger partial charge in [0, 0.05) is 19.9 Å². The number of aliphatic hydroxyl groups is 3. The predicted octanol–water partition coefficient (Wildman–Crippen LogP) is 3.06. The molecule has 0 radical (unpaired) electrons. The summed E-state index contributed by atoms with van der Waals surface area (Å²) in [5.41, 5.74) is 6.26. The Morgan fingerprint density at radius 1 is 0.485 bits per heavy atom. The Labute approximate surface area is 385 Å². The second-order valence-electron chi connectivity index (χ2n) is 15.6. The smallest absolute Gasteiger partial charge is 0.368 e. The Morgan fingerprint density at radius 3 is 1.28 bits per heavy atom. The van der Waals surface area contributed by atoms with Gasteiger partial charge in [-0.05, 0) is 98.9 Å². The zero-order chi connectivity index (χ0) is 51.4. The molecule has 33 heteroatoms. The molecule has 3 aromatic heterocycles. The third kappa shape index (κ3) is 13.4. The third-order valence-corrected chi connectivity index (χ3v) is 22.4. The van der Waals surface area contributed by atoms with E-state index in [1.165, 1.54) is 6.33 Å². The molecule has 0 aliphatic heterocycles. The van der Waals surface area contributed by atoms with Crippen LogP contribution in [0.3, 0.4) is 0 Å². The van der Waals surface area contributed by atoms with E-state index in [2.05, 4.69) is 24.9 Å². The summed E-state index contributed by atoms with van der Waals surface area (Å²) >= 11 is 0. The average Bonchev–Trinajstić information content (AvgIpc) is 3.96. The van der Waals surface area contributed by atoms with Crippen LogP contribution >= 0.6 is 45.6 Å². The van der Waals surface area contributed by atoms with Crippen molar-refractivity contribution in [3.8, 4) is 0 Å². The SMILES string of the molecule is Cn1c(CCCCC(O)(P(=O)(O)O)P(=O)(O)O)nc2ccccc21.O=P(O)(O)C(O)(CCCCc1ccc2nc[nH]c2c1)P(=O)(O)O.O=P(O)(O)C(O)(CCc1ccc2nc[nH]c2c1)P(=O)(O)O. The summed E-state index contributed by atoms with van der Waals surface area (Å²) < 4.78 is 69.3. The van der Waals surface area contributed by atoms with Gasteiger partial charge in [-0.3, -0.25) is 27.4 Å². The fraction of sp³-hybridized carbons (Fsp3) is 0.400. The van der Waals surface area contributed by atoms with Crippen LogP contribution in [-0.4, -0.2) is 119 Å². The molecule has 68 heavy (non-hydrogen) atoms. The first-order chi connectivity index (χ1) is 31.1. The van der Waals surface area contributed by atoms with Crippen molar-refractivity contribution in [1.29, 1.82) is 0 Å². The lowest BCUT2D eigenvalue weighted by atomic mass is 10.1. The molecule has 0 spiro atoms. The van der Waals surface area contributed by atoms with Crippen LogP contribution in [-0.2, 0) is 53.7 Å². The quantitative estimate of drug-likeness (QED) is 0.0409. The number of nitrogens with one attached hydrogen (secondary N) is 2. The van der Waals surface area contributed by atoms with Crippen LogP contribution in [0, 0.1) is 0 Å². The normalized spacial score (nSPS) is 13.6. The lowest BCUT2D eigenvalue weighted by molar-refractivity contribution is 0.120. The van der Waals surface area contributed by atoms with E-state index in [0.717, 1.165) is 33.5 Å². The molecule has 3 heterocycles. The van der Waals surface area contributed by atoms with Gasteiger partial charge in [0.25, 0.3) is 15.2 Å². The van der Waals surface area contributed by atoms with Crippen LogP contribution in [0.2, 0.25) is 0 Å². The topological polar surface area (TPSA) is 481 Å². The molecule has 0 aliphatic carbocycles. The first kappa shape index (κ1) is 57.4. The van der Waals surface area contributed by atoms with Crippen LogP contribution in [0.5, 0.6) is 0 Å². The van der Waals surface area contributed by atoms with E-state index in [1.807, 2.05) is 54.1 Å². The van der Waals surface area contributed by atoms with E-state index in [0.29, 0.717) is 42.3 Å². The fourth-order valence-electron chi connectivity index (χ4n) is 6.73. The lowest BCUT2D eigenvalue weighted by Crippen LogP contribution is -2.29. The number of benzene rings is 3. The molecule has 0 saturated heterocycles. The summed E-state index contributed by atoms with van der Waals surface area (Å²) in [4.78, 5) is 127. The summed E-state index contributed by atoms with van der Waals surface area (Å²) in [6, 6.07) is 17.9. The van der Waals surface area contributed by atoms with Crippen molar-refractivity contribution in [3.63, 3.8) is 0 Å². The largest absolute Gasteiger partial charge is 0.369 e. The highest BCUT2D eigenvalue weighted by Gasteiger charge is 2.60.